The first kappa shape index (κ1) is 11.5. The van der Waals surface area contributed by atoms with Gasteiger partial charge in [0.1, 0.15) is 5.82 Å². The number of anilines is 1. The third-order valence-corrected chi connectivity index (χ3v) is 2.08. The number of nitrogen functional groups attached to an aromatic ring is 1. The van der Waals surface area contributed by atoms with Gasteiger partial charge in [-0.05, 0) is 21.0 Å². The Morgan fingerprint density at radius 2 is 2.13 bits per heavy atom. The van der Waals surface area contributed by atoms with E-state index in [0.29, 0.717) is 6.54 Å². The number of nitrogens with two attached hydrogens (primary N) is 1. The largest absolute Gasteiger partial charge is 0.385 e. The van der Waals surface area contributed by atoms with Crippen LogP contribution in [0.4, 0.5) is 5.82 Å². The van der Waals surface area contributed by atoms with Crippen LogP contribution in [0.25, 0.3) is 0 Å². The molecule has 84 valence electrons. The predicted octanol–water partition coefficient (Wildman–Crippen LogP) is -0.759. The van der Waals surface area contributed by atoms with Crippen LogP contribution in [0, 0.1) is 0 Å². The molecule has 6 nitrogen and oxygen atoms in total. The van der Waals surface area contributed by atoms with Crippen LogP contribution in [0.5, 0.6) is 0 Å². The molecular formula is C9H16N4O2. The van der Waals surface area contributed by atoms with Crippen LogP contribution < -0.4 is 17.0 Å². The summed E-state index contributed by atoms with van der Waals surface area (Å²) < 4.78 is 1.38. The molecule has 0 amide bonds. The maximum Gasteiger partial charge on any atom is 0.330 e. The van der Waals surface area contributed by atoms with E-state index in [-0.39, 0.29) is 11.9 Å². The lowest BCUT2D eigenvalue weighted by Gasteiger charge is -2.20. The maximum atomic E-state index is 11.5. The Kier molecular flexibility index (Phi) is 3.31. The zero-order valence-corrected chi connectivity index (χ0v) is 9.15. The summed E-state index contributed by atoms with van der Waals surface area (Å²) in [6.07, 6.45) is 0. The Morgan fingerprint density at radius 3 is 2.60 bits per heavy atom. The number of nitrogens with zero attached hydrogens (tertiary/aromatic N) is 2. The number of rotatable bonds is 3. The van der Waals surface area contributed by atoms with Gasteiger partial charge >= 0.3 is 5.69 Å². The molecule has 1 atom stereocenters. The molecule has 1 heterocycles. The number of hydrogen-bond acceptors (Lipinski definition) is 4. The Balaban J connectivity index is 3.14. The number of nitrogens with one attached hydrogen (secondary N) is 1. The monoisotopic (exact) mass is 212 g/mol. The molecule has 0 aromatic carbocycles. The number of aromatic nitrogens is 2. The summed E-state index contributed by atoms with van der Waals surface area (Å²) in [6.45, 7) is 2.55. The average Bonchev–Trinajstić information content (AvgIpc) is 1.99. The van der Waals surface area contributed by atoms with E-state index in [2.05, 4.69) is 4.98 Å². The van der Waals surface area contributed by atoms with E-state index in [1.165, 1.54) is 10.6 Å². The summed E-state index contributed by atoms with van der Waals surface area (Å²) in [5.74, 6) is 0.193. The molecule has 0 fully saturated rings. The van der Waals surface area contributed by atoms with E-state index >= 15 is 0 Å². The van der Waals surface area contributed by atoms with Crippen molar-refractivity contribution in [1.82, 2.24) is 14.5 Å². The molecule has 0 aliphatic rings. The lowest BCUT2D eigenvalue weighted by atomic mass is 10.3. The molecule has 0 saturated heterocycles. The van der Waals surface area contributed by atoms with Crippen LogP contribution in [0.2, 0.25) is 0 Å². The second-order valence-corrected chi connectivity index (χ2v) is 3.84. The zero-order valence-electron chi connectivity index (χ0n) is 9.15. The molecule has 1 unspecified atom stereocenters. The smallest absolute Gasteiger partial charge is 0.330 e. The SMILES string of the molecule is CC(CN(C)C)n1c(N)cc(=O)[nH]c1=O. The van der Waals surface area contributed by atoms with Crippen molar-refractivity contribution in [3.8, 4) is 0 Å². The highest BCUT2D eigenvalue weighted by atomic mass is 16.2. The highest BCUT2D eigenvalue weighted by Crippen LogP contribution is 2.06. The van der Waals surface area contributed by atoms with Crippen LogP contribution in [-0.4, -0.2) is 35.1 Å². The minimum atomic E-state index is -0.467. The normalized spacial score (nSPS) is 13.1. The highest BCUT2D eigenvalue weighted by molar-refractivity contribution is 5.26. The van der Waals surface area contributed by atoms with Crippen molar-refractivity contribution >= 4 is 5.82 Å². The Morgan fingerprint density at radius 1 is 1.53 bits per heavy atom. The van der Waals surface area contributed by atoms with E-state index in [4.69, 9.17) is 5.73 Å². The average molecular weight is 212 g/mol. The standard InChI is InChI=1S/C9H16N4O2/c1-6(5-12(2)3)13-7(10)4-8(14)11-9(13)15/h4,6H,5,10H2,1-3H3,(H,11,14,15). The molecule has 1 aromatic rings. The second-order valence-electron chi connectivity index (χ2n) is 3.84. The van der Waals surface area contributed by atoms with Crippen LogP contribution >= 0.6 is 0 Å². The summed E-state index contributed by atoms with van der Waals surface area (Å²) in [5, 5.41) is 0. The predicted molar refractivity (Wildman–Crippen MR) is 59.0 cm³/mol. The molecule has 0 bridgehead atoms. The van der Waals surface area contributed by atoms with Crippen molar-refractivity contribution in [1.29, 1.82) is 0 Å². The van der Waals surface area contributed by atoms with Crippen LogP contribution in [0.1, 0.15) is 13.0 Å². The lowest BCUT2D eigenvalue weighted by Crippen LogP contribution is -2.36. The maximum absolute atomic E-state index is 11.5. The van der Waals surface area contributed by atoms with Crippen molar-refractivity contribution in [2.45, 2.75) is 13.0 Å². The third kappa shape index (κ3) is 2.69. The summed E-state index contributed by atoms with van der Waals surface area (Å²) in [7, 11) is 3.81. The molecule has 3 N–H and O–H groups in total. The van der Waals surface area contributed by atoms with Crippen molar-refractivity contribution < 1.29 is 0 Å². The van der Waals surface area contributed by atoms with Crippen LogP contribution in [0.15, 0.2) is 15.7 Å². The van der Waals surface area contributed by atoms with E-state index in [0.717, 1.165) is 0 Å². The van der Waals surface area contributed by atoms with Crippen molar-refractivity contribution in [2.24, 2.45) is 0 Å². The van der Waals surface area contributed by atoms with Gasteiger partial charge in [-0.25, -0.2) is 4.79 Å². The molecule has 0 radical (unpaired) electrons. The fourth-order valence-corrected chi connectivity index (χ4v) is 1.59. The molecular weight excluding hydrogens is 196 g/mol. The van der Waals surface area contributed by atoms with Gasteiger partial charge < -0.3 is 10.6 Å². The second kappa shape index (κ2) is 4.31. The first-order valence-electron chi connectivity index (χ1n) is 4.68. The van der Waals surface area contributed by atoms with Gasteiger partial charge in [-0.2, -0.15) is 0 Å². The molecule has 1 aromatic heterocycles. The molecule has 15 heavy (non-hydrogen) atoms. The number of hydrogen-bond donors (Lipinski definition) is 2. The van der Waals surface area contributed by atoms with Crippen molar-refractivity contribution in [2.75, 3.05) is 26.4 Å². The zero-order chi connectivity index (χ0) is 11.6. The lowest BCUT2D eigenvalue weighted by molar-refractivity contribution is 0.332. The fraction of sp³-hybridized carbons (Fsp3) is 0.556. The van der Waals surface area contributed by atoms with Crippen LogP contribution in [-0.2, 0) is 0 Å². The molecule has 0 spiro atoms. The summed E-state index contributed by atoms with van der Waals surface area (Å²) >= 11 is 0. The first-order valence-corrected chi connectivity index (χ1v) is 4.68. The summed E-state index contributed by atoms with van der Waals surface area (Å²) in [6, 6.07) is 1.14. The van der Waals surface area contributed by atoms with E-state index in [1.54, 1.807) is 0 Å². The van der Waals surface area contributed by atoms with Gasteiger partial charge in [0.25, 0.3) is 5.56 Å². The van der Waals surface area contributed by atoms with Gasteiger partial charge in [-0.3, -0.25) is 14.3 Å². The molecule has 1 rings (SSSR count). The minimum Gasteiger partial charge on any atom is -0.385 e. The Labute approximate surface area is 87.3 Å². The quantitative estimate of drug-likeness (QED) is 0.690. The van der Waals surface area contributed by atoms with Gasteiger partial charge in [-0.15, -0.1) is 0 Å². The van der Waals surface area contributed by atoms with Gasteiger partial charge in [0.2, 0.25) is 0 Å². The highest BCUT2D eigenvalue weighted by Gasteiger charge is 2.11. The van der Waals surface area contributed by atoms with Gasteiger partial charge in [-0.1, -0.05) is 0 Å². The van der Waals surface area contributed by atoms with Gasteiger partial charge in [0.15, 0.2) is 0 Å². The topological polar surface area (TPSA) is 84.1 Å². The first-order chi connectivity index (χ1) is 6.91. The third-order valence-electron chi connectivity index (χ3n) is 2.08. The van der Waals surface area contributed by atoms with E-state index < -0.39 is 11.2 Å². The Hall–Kier alpha value is -1.56. The molecule has 0 aliphatic heterocycles. The van der Waals surface area contributed by atoms with Crippen molar-refractivity contribution in [3.05, 3.63) is 26.9 Å². The van der Waals surface area contributed by atoms with Gasteiger partial charge in [0.05, 0.1) is 0 Å². The van der Waals surface area contributed by atoms with Crippen molar-refractivity contribution in [3.63, 3.8) is 0 Å². The van der Waals surface area contributed by atoms with Gasteiger partial charge in [0, 0.05) is 18.7 Å². The number of H-pyrrole nitrogens is 1. The van der Waals surface area contributed by atoms with Crippen LogP contribution in [0.3, 0.4) is 0 Å². The minimum absolute atomic E-state index is 0.0793. The summed E-state index contributed by atoms with van der Waals surface area (Å²) in [5.41, 5.74) is 4.69. The Bertz CT molecular complexity index is 446. The van der Waals surface area contributed by atoms with E-state index in [9.17, 15) is 9.59 Å². The molecule has 0 saturated carbocycles. The number of aromatic amines is 1. The fourth-order valence-electron chi connectivity index (χ4n) is 1.59. The molecule has 0 aliphatic carbocycles. The summed E-state index contributed by atoms with van der Waals surface area (Å²) in [4.78, 5) is 26.6. The molecule has 6 heteroatoms. The van der Waals surface area contributed by atoms with E-state index in [1.807, 2.05) is 25.9 Å². The number of likely N-dealkylation sites (N-methyl/N-ethyl adjacent to an activating group) is 1.